The monoisotopic (exact) mass is 330 g/mol. The van der Waals surface area contributed by atoms with Gasteiger partial charge in [-0.05, 0) is 36.1 Å². The lowest BCUT2D eigenvalue weighted by molar-refractivity contribution is 0.140. The quantitative estimate of drug-likeness (QED) is 0.632. The molecule has 23 heavy (non-hydrogen) atoms. The predicted molar refractivity (Wildman–Crippen MR) is 92.3 cm³/mol. The molecule has 0 bridgehead atoms. The topological polar surface area (TPSA) is 51.2 Å². The molecule has 1 heterocycles. The number of pyridine rings is 1. The molecule has 1 aromatic carbocycles. The summed E-state index contributed by atoms with van der Waals surface area (Å²) in [5.41, 5.74) is 3.05. The zero-order chi connectivity index (χ0) is 16.5. The first-order chi connectivity index (χ1) is 11.1. The van der Waals surface area contributed by atoms with Gasteiger partial charge in [-0.3, -0.25) is 0 Å². The number of hydrogen-bond donors (Lipinski definition) is 1. The molecule has 2 aromatic rings. The highest BCUT2D eigenvalue weighted by Crippen LogP contribution is 2.13. The van der Waals surface area contributed by atoms with E-state index in [1.807, 2.05) is 55.5 Å². The summed E-state index contributed by atoms with van der Waals surface area (Å²) in [4.78, 5) is 15.6. The Labute approximate surface area is 141 Å². The van der Waals surface area contributed by atoms with Crippen molar-refractivity contribution in [2.45, 2.75) is 20.0 Å². The zero-order valence-corrected chi connectivity index (χ0v) is 13.7. The van der Waals surface area contributed by atoms with Crippen LogP contribution in [0.4, 0.5) is 4.79 Å². The summed E-state index contributed by atoms with van der Waals surface area (Å²) < 4.78 is 5.13. The molecule has 0 aliphatic heterocycles. The number of hydrogen-bond acceptors (Lipinski definition) is 3. The smallest absolute Gasteiger partial charge is 0.407 e. The number of alkyl carbamates (subject to hydrolysis) is 1. The van der Waals surface area contributed by atoms with E-state index in [1.54, 1.807) is 6.20 Å². The fraction of sp³-hybridized carbons (Fsp3) is 0.222. The molecule has 0 fully saturated rings. The molecule has 0 aliphatic carbocycles. The lowest BCUT2D eigenvalue weighted by atomic mass is 10.1. The number of amides is 1. The first-order valence-electron chi connectivity index (χ1n) is 7.38. The highest BCUT2D eigenvalue weighted by molar-refractivity contribution is 6.29. The van der Waals surface area contributed by atoms with Gasteiger partial charge in [0, 0.05) is 12.7 Å². The minimum atomic E-state index is -0.411. The number of halogens is 1. The first kappa shape index (κ1) is 17.0. The fourth-order valence-corrected chi connectivity index (χ4v) is 2.16. The molecule has 1 aromatic heterocycles. The van der Waals surface area contributed by atoms with Crippen LogP contribution in [0.25, 0.3) is 6.08 Å². The van der Waals surface area contributed by atoms with Gasteiger partial charge in [0.15, 0.2) is 0 Å². The summed E-state index contributed by atoms with van der Waals surface area (Å²) in [5, 5.41) is 3.20. The first-order valence-corrected chi connectivity index (χ1v) is 7.76. The van der Waals surface area contributed by atoms with Crippen LogP contribution in [-0.2, 0) is 11.3 Å². The van der Waals surface area contributed by atoms with Crippen molar-refractivity contribution >= 4 is 23.8 Å². The summed E-state index contributed by atoms with van der Waals surface area (Å²) >= 11 is 5.81. The van der Waals surface area contributed by atoms with Crippen molar-refractivity contribution in [2.75, 3.05) is 6.54 Å². The molecule has 0 aliphatic rings. The summed E-state index contributed by atoms with van der Waals surface area (Å²) in [7, 11) is 0. The molecule has 0 saturated carbocycles. The molecular weight excluding hydrogens is 312 g/mol. The Hall–Kier alpha value is -2.33. The maximum absolute atomic E-state index is 11.6. The van der Waals surface area contributed by atoms with E-state index >= 15 is 0 Å². The van der Waals surface area contributed by atoms with Crippen LogP contribution in [-0.4, -0.2) is 17.6 Å². The van der Waals surface area contributed by atoms with Gasteiger partial charge < -0.3 is 10.1 Å². The number of nitrogens with zero attached hydrogens (tertiary/aromatic N) is 1. The average Bonchev–Trinajstić information content (AvgIpc) is 2.55. The minimum absolute atomic E-state index is 0.276. The van der Waals surface area contributed by atoms with Gasteiger partial charge in [0.2, 0.25) is 0 Å². The van der Waals surface area contributed by atoms with Crippen LogP contribution in [0.3, 0.4) is 0 Å². The second-order valence-corrected chi connectivity index (χ2v) is 5.43. The third-order valence-corrected chi connectivity index (χ3v) is 3.42. The Morgan fingerprint density at radius 1 is 1.35 bits per heavy atom. The lowest BCUT2D eigenvalue weighted by Gasteiger charge is -2.06. The van der Waals surface area contributed by atoms with Crippen molar-refractivity contribution in [1.29, 1.82) is 0 Å². The average molecular weight is 331 g/mol. The van der Waals surface area contributed by atoms with Gasteiger partial charge in [0.1, 0.15) is 11.8 Å². The van der Waals surface area contributed by atoms with Crippen LogP contribution in [0, 0.1) is 6.92 Å². The number of aromatic nitrogens is 1. The Kier molecular flexibility index (Phi) is 6.63. The van der Waals surface area contributed by atoms with Crippen molar-refractivity contribution < 1.29 is 9.53 Å². The van der Waals surface area contributed by atoms with Crippen LogP contribution in [0.2, 0.25) is 5.15 Å². The molecule has 120 valence electrons. The van der Waals surface area contributed by atoms with Crippen molar-refractivity contribution in [3.63, 3.8) is 0 Å². The number of rotatable bonds is 6. The number of carbonyl (C=O) groups excluding carboxylic acids is 1. The summed E-state index contributed by atoms with van der Waals surface area (Å²) in [6.07, 6.45) is 5.98. The van der Waals surface area contributed by atoms with Gasteiger partial charge in [-0.2, -0.15) is 0 Å². The lowest BCUT2D eigenvalue weighted by Crippen LogP contribution is -2.24. The zero-order valence-electron chi connectivity index (χ0n) is 13.0. The largest absolute Gasteiger partial charge is 0.445 e. The van der Waals surface area contributed by atoms with Crippen LogP contribution < -0.4 is 5.32 Å². The molecule has 4 nitrogen and oxygen atoms in total. The van der Waals surface area contributed by atoms with Crippen LogP contribution >= 0.6 is 11.6 Å². The predicted octanol–water partition coefficient (Wildman–Crippen LogP) is 4.37. The van der Waals surface area contributed by atoms with E-state index < -0.39 is 6.09 Å². The van der Waals surface area contributed by atoms with Crippen molar-refractivity contribution in [3.8, 4) is 0 Å². The van der Waals surface area contributed by atoms with E-state index in [4.69, 9.17) is 16.3 Å². The number of benzene rings is 1. The van der Waals surface area contributed by atoms with Gasteiger partial charge in [-0.1, -0.05) is 54.1 Å². The SMILES string of the molecule is Cc1cc(Cl)ncc1C=CCCNC(=O)OCc1ccccc1. The van der Waals surface area contributed by atoms with Crippen molar-refractivity contribution in [1.82, 2.24) is 10.3 Å². The molecule has 5 heteroatoms. The second kappa shape index (κ2) is 8.96. The van der Waals surface area contributed by atoms with Gasteiger partial charge >= 0.3 is 6.09 Å². The van der Waals surface area contributed by atoms with Gasteiger partial charge in [0.05, 0.1) is 0 Å². The standard InChI is InChI=1S/C18H19ClN2O2/c1-14-11-17(19)21-12-16(14)9-5-6-10-20-18(22)23-13-15-7-3-2-4-8-15/h2-5,7-9,11-12H,6,10,13H2,1H3,(H,20,22). The van der Waals surface area contributed by atoms with E-state index in [9.17, 15) is 4.79 Å². The van der Waals surface area contributed by atoms with E-state index in [-0.39, 0.29) is 6.61 Å². The maximum Gasteiger partial charge on any atom is 0.407 e. The second-order valence-electron chi connectivity index (χ2n) is 5.04. The minimum Gasteiger partial charge on any atom is -0.445 e. The third kappa shape index (κ3) is 6.12. The van der Waals surface area contributed by atoms with Crippen LogP contribution in [0.15, 0.2) is 48.7 Å². The number of nitrogens with one attached hydrogen (secondary N) is 1. The molecule has 0 unspecified atom stereocenters. The number of carbonyl (C=O) groups is 1. The van der Waals surface area contributed by atoms with Crippen LogP contribution in [0.1, 0.15) is 23.1 Å². The summed E-state index contributed by atoms with van der Waals surface area (Å²) in [5.74, 6) is 0. The fourth-order valence-electron chi connectivity index (χ4n) is 1.95. The van der Waals surface area contributed by atoms with E-state index in [0.717, 1.165) is 16.7 Å². The number of ether oxygens (including phenoxy) is 1. The maximum atomic E-state index is 11.6. The molecule has 0 atom stereocenters. The highest BCUT2D eigenvalue weighted by Gasteiger charge is 2.01. The van der Waals surface area contributed by atoms with E-state index in [2.05, 4.69) is 10.3 Å². The molecule has 0 spiro atoms. The molecule has 1 amide bonds. The summed E-state index contributed by atoms with van der Waals surface area (Å²) in [6.45, 7) is 2.77. The van der Waals surface area contributed by atoms with Gasteiger partial charge in [-0.25, -0.2) is 9.78 Å². The van der Waals surface area contributed by atoms with Crippen molar-refractivity contribution in [2.24, 2.45) is 0 Å². The van der Waals surface area contributed by atoms with Gasteiger partial charge in [0.25, 0.3) is 0 Å². The molecule has 0 saturated heterocycles. The number of aryl methyl sites for hydroxylation is 1. The normalized spacial score (nSPS) is 10.7. The highest BCUT2D eigenvalue weighted by atomic mass is 35.5. The molecule has 1 N–H and O–H groups in total. The van der Waals surface area contributed by atoms with Crippen LogP contribution in [0.5, 0.6) is 0 Å². The van der Waals surface area contributed by atoms with Crippen molar-refractivity contribution in [3.05, 3.63) is 70.5 Å². The molecular formula is C18H19ClN2O2. The Morgan fingerprint density at radius 2 is 2.13 bits per heavy atom. The Morgan fingerprint density at radius 3 is 2.87 bits per heavy atom. The van der Waals surface area contributed by atoms with E-state index in [1.165, 1.54) is 0 Å². The summed E-state index contributed by atoms with van der Waals surface area (Å²) in [6, 6.07) is 11.4. The van der Waals surface area contributed by atoms with E-state index in [0.29, 0.717) is 18.1 Å². The third-order valence-electron chi connectivity index (χ3n) is 3.21. The molecule has 2 rings (SSSR count). The Bertz CT molecular complexity index is 672. The Balaban J connectivity index is 1.66. The molecule has 0 radical (unpaired) electrons. The van der Waals surface area contributed by atoms with Gasteiger partial charge in [-0.15, -0.1) is 0 Å².